The van der Waals surface area contributed by atoms with E-state index < -0.39 is 0 Å². The quantitative estimate of drug-likeness (QED) is 0.700. The standard InChI is InChI=1S/C16H26S/c1-12(2)11-15(3,4)13-7-9-14(10-8-13)16(5,6)17/h7-10,12,17H,11H2,1-6H3. The summed E-state index contributed by atoms with van der Waals surface area (Å²) in [4.78, 5) is 0. The van der Waals surface area contributed by atoms with Gasteiger partial charge in [0.15, 0.2) is 0 Å². The summed E-state index contributed by atoms with van der Waals surface area (Å²) in [5, 5.41) is 0. The predicted octanol–water partition coefficient (Wildman–Crippen LogP) is 5.18. The van der Waals surface area contributed by atoms with Crippen LogP contribution in [-0.2, 0) is 10.2 Å². The minimum absolute atomic E-state index is 0.0548. The van der Waals surface area contributed by atoms with Gasteiger partial charge in [0.25, 0.3) is 0 Å². The van der Waals surface area contributed by atoms with Crippen molar-refractivity contribution in [3.05, 3.63) is 35.4 Å². The Labute approximate surface area is 112 Å². The van der Waals surface area contributed by atoms with Crippen LogP contribution in [0.4, 0.5) is 0 Å². The maximum atomic E-state index is 4.61. The molecule has 1 heteroatoms. The molecule has 96 valence electrons. The lowest BCUT2D eigenvalue weighted by molar-refractivity contribution is 0.399. The number of rotatable bonds is 4. The van der Waals surface area contributed by atoms with Crippen LogP contribution in [0.5, 0.6) is 0 Å². The summed E-state index contributed by atoms with van der Waals surface area (Å²) < 4.78 is -0.0548. The van der Waals surface area contributed by atoms with E-state index in [2.05, 4.69) is 78.4 Å². The first-order chi connectivity index (χ1) is 7.63. The molecule has 0 N–H and O–H groups in total. The fourth-order valence-corrected chi connectivity index (χ4v) is 2.62. The van der Waals surface area contributed by atoms with Crippen LogP contribution in [0.25, 0.3) is 0 Å². The van der Waals surface area contributed by atoms with Gasteiger partial charge in [0, 0.05) is 4.75 Å². The second-order valence-electron chi connectivity index (χ2n) is 6.62. The Morgan fingerprint density at radius 3 is 1.71 bits per heavy atom. The third-order valence-corrected chi connectivity index (χ3v) is 3.55. The molecule has 1 rings (SSSR count). The normalized spacial score (nSPS) is 13.2. The maximum absolute atomic E-state index is 4.61. The molecule has 0 saturated carbocycles. The van der Waals surface area contributed by atoms with Crippen molar-refractivity contribution in [2.24, 2.45) is 5.92 Å². The van der Waals surface area contributed by atoms with Crippen molar-refractivity contribution in [3.63, 3.8) is 0 Å². The molecule has 0 saturated heterocycles. The third-order valence-electron chi connectivity index (χ3n) is 3.29. The van der Waals surface area contributed by atoms with Gasteiger partial charge in [0.05, 0.1) is 0 Å². The first kappa shape index (κ1) is 14.6. The van der Waals surface area contributed by atoms with E-state index >= 15 is 0 Å². The molecule has 0 spiro atoms. The fraction of sp³-hybridized carbons (Fsp3) is 0.625. The summed E-state index contributed by atoms with van der Waals surface area (Å²) in [6.07, 6.45) is 1.22. The van der Waals surface area contributed by atoms with Gasteiger partial charge in [0.1, 0.15) is 0 Å². The zero-order valence-electron chi connectivity index (χ0n) is 12.0. The molecule has 0 amide bonds. The van der Waals surface area contributed by atoms with Crippen molar-refractivity contribution in [1.82, 2.24) is 0 Å². The van der Waals surface area contributed by atoms with Crippen molar-refractivity contribution in [3.8, 4) is 0 Å². The zero-order valence-corrected chi connectivity index (χ0v) is 12.9. The van der Waals surface area contributed by atoms with E-state index in [1.807, 2.05) is 0 Å². The van der Waals surface area contributed by atoms with Crippen molar-refractivity contribution < 1.29 is 0 Å². The van der Waals surface area contributed by atoms with E-state index in [0.717, 1.165) is 5.92 Å². The van der Waals surface area contributed by atoms with Crippen LogP contribution in [0.1, 0.15) is 59.1 Å². The van der Waals surface area contributed by atoms with E-state index in [4.69, 9.17) is 0 Å². The molecule has 0 aliphatic rings. The molecule has 1 aromatic rings. The molecule has 0 nitrogen and oxygen atoms in total. The van der Waals surface area contributed by atoms with Crippen LogP contribution in [-0.4, -0.2) is 0 Å². The first-order valence-corrected chi connectivity index (χ1v) is 6.91. The van der Waals surface area contributed by atoms with E-state index in [1.54, 1.807) is 0 Å². The minimum atomic E-state index is -0.0548. The highest BCUT2D eigenvalue weighted by atomic mass is 32.1. The molecule has 0 heterocycles. The van der Waals surface area contributed by atoms with Crippen LogP contribution >= 0.6 is 12.6 Å². The number of hydrogen-bond acceptors (Lipinski definition) is 1. The predicted molar refractivity (Wildman–Crippen MR) is 80.9 cm³/mol. The molecule has 0 bridgehead atoms. The monoisotopic (exact) mass is 250 g/mol. The van der Waals surface area contributed by atoms with Gasteiger partial charge in [-0.2, -0.15) is 12.6 Å². The summed E-state index contributed by atoms with van der Waals surface area (Å²) in [6.45, 7) is 13.5. The lowest BCUT2D eigenvalue weighted by atomic mass is 9.77. The van der Waals surface area contributed by atoms with Crippen molar-refractivity contribution in [2.45, 2.75) is 58.1 Å². The molecule has 0 radical (unpaired) electrons. The molecule has 1 aromatic carbocycles. The van der Waals surface area contributed by atoms with Gasteiger partial charge in [-0.3, -0.25) is 0 Å². The van der Waals surface area contributed by atoms with Crippen molar-refractivity contribution >= 4 is 12.6 Å². The van der Waals surface area contributed by atoms with Gasteiger partial charge in [-0.15, -0.1) is 0 Å². The van der Waals surface area contributed by atoms with Gasteiger partial charge < -0.3 is 0 Å². The Bertz CT molecular complexity index is 352. The van der Waals surface area contributed by atoms with Crippen LogP contribution in [0.2, 0.25) is 0 Å². The van der Waals surface area contributed by atoms with E-state index in [-0.39, 0.29) is 10.2 Å². The van der Waals surface area contributed by atoms with Gasteiger partial charge in [-0.25, -0.2) is 0 Å². The van der Waals surface area contributed by atoms with E-state index in [9.17, 15) is 0 Å². The summed E-state index contributed by atoms with van der Waals surface area (Å²) in [7, 11) is 0. The molecular formula is C16H26S. The Morgan fingerprint density at radius 1 is 0.941 bits per heavy atom. The average Bonchev–Trinajstić information content (AvgIpc) is 2.14. The summed E-state index contributed by atoms with van der Waals surface area (Å²) in [5.41, 5.74) is 2.96. The highest BCUT2D eigenvalue weighted by Crippen LogP contribution is 2.33. The molecule has 0 aliphatic heterocycles. The molecule has 0 aliphatic carbocycles. The fourth-order valence-electron chi connectivity index (χ4n) is 2.47. The smallest absolute Gasteiger partial charge is 0.0322 e. The SMILES string of the molecule is CC(C)CC(C)(C)c1ccc(C(C)(C)S)cc1. The summed E-state index contributed by atoms with van der Waals surface area (Å²) in [6, 6.07) is 8.94. The second-order valence-corrected chi connectivity index (χ2v) is 7.74. The van der Waals surface area contributed by atoms with Gasteiger partial charge in [-0.05, 0) is 42.7 Å². The number of benzene rings is 1. The van der Waals surface area contributed by atoms with Crippen LogP contribution < -0.4 is 0 Å². The van der Waals surface area contributed by atoms with Crippen molar-refractivity contribution in [2.75, 3.05) is 0 Å². The lowest BCUT2D eigenvalue weighted by Crippen LogP contribution is -2.20. The lowest BCUT2D eigenvalue weighted by Gasteiger charge is -2.28. The highest BCUT2D eigenvalue weighted by Gasteiger charge is 2.22. The second kappa shape index (κ2) is 5.06. The molecule has 0 unspecified atom stereocenters. The topological polar surface area (TPSA) is 0 Å². The Balaban J connectivity index is 2.94. The number of thiol groups is 1. The summed E-state index contributed by atoms with van der Waals surface area (Å²) in [5.74, 6) is 0.728. The van der Waals surface area contributed by atoms with Crippen LogP contribution in [0, 0.1) is 5.92 Å². The van der Waals surface area contributed by atoms with Gasteiger partial charge in [0.2, 0.25) is 0 Å². The Kier molecular flexibility index (Phi) is 4.35. The Hall–Kier alpha value is -0.430. The molecule has 17 heavy (non-hydrogen) atoms. The van der Waals surface area contributed by atoms with Crippen molar-refractivity contribution in [1.29, 1.82) is 0 Å². The molecule has 0 aromatic heterocycles. The van der Waals surface area contributed by atoms with Crippen LogP contribution in [0.15, 0.2) is 24.3 Å². The highest BCUT2D eigenvalue weighted by molar-refractivity contribution is 7.81. The van der Waals surface area contributed by atoms with Crippen LogP contribution in [0.3, 0.4) is 0 Å². The average molecular weight is 250 g/mol. The van der Waals surface area contributed by atoms with E-state index in [0.29, 0.717) is 0 Å². The van der Waals surface area contributed by atoms with Gasteiger partial charge >= 0.3 is 0 Å². The summed E-state index contributed by atoms with van der Waals surface area (Å²) >= 11 is 4.61. The largest absolute Gasteiger partial charge is 0.168 e. The van der Waals surface area contributed by atoms with Gasteiger partial charge in [-0.1, -0.05) is 52.0 Å². The third kappa shape index (κ3) is 4.06. The molecule has 0 fully saturated rings. The van der Waals surface area contributed by atoms with E-state index in [1.165, 1.54) is 17.5 Å². The maximum Gasteiger partial charge on any atom is 0.0322 e. The first-order valence-electron chi connectivity index (χ1n) is 6.46. The Morgan fingerprint density at radius 2 is 1.35 bits per heavy atom. The molecule has 0 atom stereocenters. The molecular weight excluding hydrogens is 224 g/mol. The zero-order chi connectivity index (χ0) is 13.3. The minimum Gasteiger partial charge on any atom is -0.168 e. The number of hydrogen-bond donors (Lipinski definition) is 1.